The number of hydrogen-bond donors (Lipinski definition) is 0. The van der Waals surface area contributed by atoms with Gasteiger partial charge in [0.15, 0.2) is 16.3 Å². The van der Waals surface area contributed by atoms with Gasteiger partial charge in [0.2, 0.25) is 0 Å². The highest BCUT2D eigenvalue weighted by molar-refractivity contribution is 14.1. The van der Waals surface area contributed by atoms with Crippen LogP contribution in [0.1, 0.15) is 29.7 Å². The number of carbonyl (C=O) groups excluding carboxylic acids is 1. The highest BCUT2D eigenvalue weighted by atomic mass is 127. The van der Waals surface area contributed by atoms with Gasteiger partial charge in [-0.3, -0.25) is 9.36 Å². The first-order valence-corrected chi connectivity index (χ1v) is 14.9. The van der Waals surface area contributed by atoms with E-state index < -0.39 is 17.8 Å². The summed E-state index contributed by atoms with van der Waals surface area (Å²) in [6, 6.07) is 17.8. The number of fused-ring (bicyclic) bond motifs is 1. The van der Waals surface area contributed by atoms with Crippen LogP contribution in [0.15, 0.2) is 94.7 Å². The molecule has 0 bridgehead atoms. The number of aromatic nitrogens is 1. The van der Waals surface area contributed by atoms with Crippen molar-refractivity contribution in [1.82, 2.24) is 4.57 Å². The van der Waals surface area contributed by atoms with Gasteiger partial charge in [0.25, 0.3) is 5.56 Å². The van der Waals surface area contributed by atoms with Crippen LogP contribution in [0.2, 0.25) is 0 Å². The minimum Gasteiger partial charge on any atom is -0.493 e. The van der Waals surface area contributed by atoms with Gasteiger partial charge in [-0.25, -0.2) is 14.2 Å². The number of hydrogen-bond acceptors (Lipinski definition) is 7. The second-order valence-corrected chi connectivity index (χ2v) is 11.3. The molecule has 1 aromatic heterocycles. The summed E-state index contributed by atoms with van der Waals surface area (Å²) in [7, 11) is 1.55. The summed E-state index contributed by atoms with van der Waals surface area (Å²) in [6.45, 7) is 5.86. The normalized spacial score (nSPS) is 14.7. The fraction of sp³-hybridized carbons (Fsp3) is 0.156. The molecule has 0 aliphatic carbocycles. The molecule has 0 saturated carbocycles. The Morgan fingerprint density at radius 3 is 2.57 bits per heavy atom. The van der Waals surface area contributed by atoms with Gasteiger partial charge in [-0.05, 0) is 71.0 Å². The van der Waals surface area contributed by atoms with Gasteiger partial charge in [-0.1, -0.05) is 66.5 Å². The number of methoxy groups -OCH3 is 1. The zero-order valence-corrected chi connectivity index (χ0v) is 25.8. The molecule has 5 rings (SSSR count). The molecule has 10 heteroatoms. The maximum atomic E-state index is 14.0. The van der Waals surface area contributed by atoms with Crippen LogP contribution in [0.3, 0.4) is 0 Å². The quantitative estimate of drug-likeness (QED) is 0.136. The molecule has 1 aliphatic heterocycles. The van der Waals surface area contributed by atoms with E-state index >= 15 is 0 Å². The van der Waals surface area contributed by atoms with E-state index in [1.165, 1.54) is 28.0 Å². The van der Waals surface area contributed by atoms with Crippen LogP contribution in [-0.2, 0) is 9.53 Å². The van der Waals surface area contributed by atoms with Crippen molar-refractivity contribution in [3.05, 3.63) is 131 Å². The Morgan fingerprint density at radius 2 is 1.90 bits per heavy atom. The second kappa shape index (κ2) is 12.9. The Balaban J connectivity index is 1.77. The predicted octanol–water partition coefficient (Wildman–Crippen LogP) is 5.25. The highest BCUT2D eigenvalue weighted by Gasteiger charge is 2.35. The lowest BCUT2D eigenvalue weighted by Gasteiger charge is -2.25. The van der Waals surface area contributed by atoms with Crippen LogP contribution in [0.5, 0.6) is 11.5 Å². The monoisotopic (exact) mass is 696 g/mol. The number of rotatable bonds is 9. The van der Waals surface area contributed by atoms with Gasteiger partial charge >= 0.3 is 5.97 Å². The third-order valence-corrected chi connectivity index (χ3v) is 8.24. The summed E-state index contributed by atoms with van der Waals surface area (Å²) in [6.07, 6.45) is 3.40. The topological polar surface area (TPSA) is 79.1 Å². The van der Waals surface area contributed by atoms with Crippen molar-refractivity contribution in [2.45, 2.75) is 13.0 Å². The Labute approximate surface area is 259 Å². The highest BCUT2D eigenvalue weighted by Crippen LogP contribution is 2.36. The first-order chi connectivity index (χ1) is 20.4. The van der Waals surface area contributed by atoms with Crippen molar-refractivity contribution in [3.8, 4) is 11.5 Å². The summed E-state index contributed by atoms with van der Waals surface area (Å²) < 4.78 is 33.4. The number of halogens is 2. The minimum atomic E-state index is -0.886. The van der Waals surface area contributed by atoms with Gasteiger partial charge in [0.1, 0.15) is 12.4 Å². The van der Waals surface area contributed by atoms with Gasteiger partial charge in [0.05, 0.1) is 39.1 Å². The van der Waals surface area contributed by atoms with Crippen molar-refractivity contribution in [2.24, 2.45) is 4.99 Å². The van der Waals surface area contributed by atoms with E-state index in [4.69, 9.17) is 19.2 Å². The van der Waals surface area contributed by atoms with E-state index in [1.807, 2.05) is 36.4 Å². The van der Waals surface area contributed by atoms with Crippen molar-refractivity contribution >= 4 is 51.7 Å². The maximum absolute atomic E-state index is 14.0. The van der Waals surface area contributed by atoms with E-state index in [1.54, 1.807) is 44.4 Å². The molecule has 0 N–H and O–H groups in total. The molecule has 214 valence electrons. The molecule has 42 heavy (non-hydrogen) atoms. The molecule has 0 spiro atoms. The lowest BCUT2D eigenvalue weighted by molar-refractivity contribution is -0.138. The Hall–Kier alpha value is -4.03. The third-order valence-electron chi connectivity index (χ3n) is 6.45. The van der Waals surface area contributed by atoms with Gasteiger partial charge in [0, 0.05) is 5.56 Å². The number of esters is 1. The smallest absolute Gasteiger partial charge is 0.338 e. The summed E-state index contributed by atoms with van der Waals surface area (Å²) >= 11 is 3.36. The molecule has 7 nitrogen and oxygen atoms in total. The number of benzene rings is 3. The van der Waals surface area contributed by atoms with Crippen molar-refractivity contribution in [3.63, 3.8) is 0 Å². The molecule has 1 atom stereocenters. The van der Waals surface area contributed by atoms with E-state index in [2.05, 4.69) is 29.2 Å². The average Bonchev–Trinajstić information content (AvgIpc) is 3.30. The van der Waals surface area contributed by atoms with Crippen LogP contribution in [0, 0.1) is 9.39 Å². The molecule has 2 heterocycles. The Morgan fingerprint density at radius 1 is 1.17 bits per heavy atom. The molecule has 1 aliphatic rings. The van der Waals surface area contributed by atoms with Crippen LogP contribution in [0.4, 0.5) is 4.39 Å². The molecule has 0 fully saturated rings. The predicted molar refractivity (Wildman–Crippen MR) is 169 cm³/mol. The zero-order chi connectivity index (χ0) is 29.8. The Kier molecular flexibility index (Phi) is 9.03. The maximum Gasteiger partial charge on any atom is 0.338 e. The minimum absolute atomic E-state index is 0.137. The lowest BCUT2D eigenvalue weighted by Crippen LogP contribution is -2.40. The molecule has 0 unspecified atom stereocenters. The molecule has 0 radical (unpaired) electrons. The van der Waals surface area contributed by atoms with Crippen LogP contribution in [-0.4, -0.2) is 30.9 Å². The molecule has 0 saturated heterocycles. The number of thiazole rings is 1. The lowest BCUT2D eigenvalue weighted by atomic mass is 9.93. The molecular formula is C32H26FIN2O5S. The van der Waals surface area contributed by atoms with Gasteiger partial charge in [-0.2, -0.15) is 0 Å². The average molecular weight is 697 g/mol. The number of ether oxygens (including phenoxy) is 3. The van der Waals surface area contributed by atoms with E-state index in [-0.39, 0.29) is 17.7 Å². The summed E-state index contributed by atoms with van der Waals surface area (Å²) in [5, 5.41) is 0. The molecule has 3 aromatic carbocycles. The van der Waals surface area contributed by atoms with E-state index in [9.17, 15) is 14.0 Å². The first kappa shape index (κ1) is 29.5. The van der Waals surface area contributed by atoms with Gasteiger partial charge < -0.3 is 14.2 Å². The molecular weight excluding hydrogens is 670 g/mol. The fourth-order valence-corrected chi connectivity index (χ4v) is 6.44. The fourth-order valence-electron chi connectivity index (χ4n) is 4.66. The standard InChI is InChI=1S/C32H26FIN2O5S/c1-4-15-41-29-23(34)16-19(17-24(29)39-3)18-25-30(37)36-28(21-11-13-22(33)14-12-21)26(31(38)40-5-2)27(35-32(36)42-25)20-9-7-6-8-10-20/h4,6-14,16-18,28H,1,5,15H2,2-3H3/b25-18-/t28-/m0/s1. The van der Waals surface area contributed by atoms with E-state index in [0.29, 0.717) is 44.3 Å². The van der Waals surface area contributed by atoms with Crippen molar-refractivity contribution in [1.29, 1.82) is 0 Å². The van der Waals surface area contributed by atoms with Crippen LogP contribution < -0.4 is 24.4 Å². The molecule has 4 aromatic rings. The van der Waals surface area contributed by atoms with E-state index in [0.717, 1.165) is 9.13 Å². The summed E-state index contributed by atoms with van der Waals surface area (Å²) in [5.41, 5.74) is 2.22. The second-order valence-electron chi connectivity index (χ2n) is 9.12. The number of nitrogens with zero attached hydrogens (tertiary/aromatic N) is 2. The number of carbonyl (C=O) groups is 1. The summed E-state index contributed by atoms with van der Waals surface area (Å²) in [5.74, 6) is 0.0701. The summed E-state index contributed by atoms with van der Waals surface area (Å²) in [4.78, 5) is 32.8. The third kappa shape index (κ3) is 5.82. The SMILES string of the molecule is C=CCOc1c(I)cc(/C=c2\sc3n(c2=O)[C@@H](c2ccc(F)cc2)C(C(=O)OCC)=C(c2ccccc2)N=3)cc1OC. The van der Waals surface area contributed by atoms with Crippen molar-refractivity contribution in [2.75, 3.05) is 20.3 Å². The Bertz CT molecular complexity index is 1860. The van der Waals surface area contributed by atoms with Crippen molar-refractivity contribution < 1.29 is 23.4 Å². The molecule has 0 amide bonds. The van der Waals surface area contributed by atoms with Gasteiger partial charge in [-0.15, -0.1) is 0 Å². The van der Waals surface area contributed by atoms with Crippen LogP contribution in [0.25, 0.3) is 11.8 Å². The first-order valence-electron chi connectivity index (χ1n) is 13.0. The zero-order valence-electron chi connectivity index (χ0n) is 22.8. The van der Waals surface area contributed by atoms with Crippen LogP contribution >= 0.6 is 33.9 Å². The largest absolute Gasteiger partial charge is 0.493 e.